The van der Waals surface area contributed by atoms with E-state index in [1.165, 1.54) is 0 Å². The van der Waals surface area contributed by atoms with Crippen LogP contribution in [-0.4, -0.2) is 25.3 Å². The van der Waals surface area contributed by atoms with Crippen LogP contribution in [0.1, 0.15) is 18.5 Å². The molecule has 0 saturated heterocycles. The number of aromatic nitrogens is 4. The normalized spacial score (nSPS) is 14.0. The molecule has 0 aliphatic heterocycles. The third-order valence-corrected chi connectivity index (χ3v) is 4.97. The number of Topliss-reactive ketones (excluding diaryl/α,β-unsaturated/α-hetero) is 1. The first-order chi connectivity index (χ1) is 12.0. The summed E-state index contributed by atoms with van der Waals surface area (Å²) < 4.78 is 8.16. The lowest BCUT2D eigenvalue weighted by molar-refractivity contribution is -0.119. The molecule has 1 fully saturated rings. The van der Waals surface area contributed by atoms with Crippen LogP contribution in [0.2, 0.25) is 5.02 Å². The van der Waals surface area contributed by atoms with Gasteiger partial charge in [-0.25, -0.2) is 4.98 Å². The van der Waals surface area contributed by atoms with Gasteiger partial charge in [0.2, 0.25) is 0 Å². The standard InChI is InChI=1S/C17H15ClN4O2S/c1-22-15-14(18)13(8-20-16(15)21-17(22)25)24-11-4-5-19-10(6-11)7-12(23)9-2-3-9/h4-6,8-9H,2-3,7H2,1H3,(H,20,21,25). The van der Waals surface area contributed by atoms with Gasteiger partial charge in [-0.05, 0) is 31.1 Å². The largest absolute Gasteiger partial charge is 0.454 e. The third kappa shape index (κ3) is 3.17. The van der Waals surface area contributed by atoms with Gasteiger partial charge in [-0.2, -0.15) is 0 Å². The Morgan fingerprint density at radius 2 is 2.28 bits per heavy atom. The van der Waals surface area contributed by atoms with Crippen LogP contribution in [0.15, 0.2) is 24.5 Å². The predicted molar refractivity (Wildman–Crippen MR) is 96.7 cm³/mol. The summed E-state index contributed by atoms with van der Waals surface area (Å²) in [4.78, 5) is 23.5. The summed E-state index contributed by atoms with van der Waals surface area (Å²) in [5.74, 6) is 1.44. The Hall–Kier alpha value is -2.25. The maximum absolute atomic E-state index is 12.0. The molecule has 0 unspecified atom stereocenters. The fourth-order valence-corrected chi connectivity index (χ4v) is 3.18. The van der Waals surface area contributed by atoms with E-state index in [0.29, 0.717) is 44.6 Å². The quantitative estimate of drug-likeness (QED) is 0.683. The maximum Gasteiger partial charge on any atom is 0.179 e. The number of hydrogen-bond acceptors (Lipinski definition) is 5. The first-order valence-electron chi connectivity index (χ1n) is 7.91. The molecule has 3 heterocycles. The van der Waals surface area contributed by atoms with Gasteiger partial charge in [-0.3, -0.25) is 9.78 Å². The number of ether oxygens (including phenoxy) is 1. The smallest absolute Gasteiger partial charge is 0.179 e. The molecule has 8 heteroatoms. The summed E-state index contributed by atoms with van der Waals surface area (Å²) >= 11 is 11.7. The average molecular weight is 375 g/mol. The highest BCUT2D eigenvalue weighted by Gasteiger charge is 2.29. The van der Waals surface area contributed by atoms with E-state index in [-0.39, 0.29) is 11.7 Å². The second-order valence-electron chi connectivity index (χ2n) is 6.13. The lowest BCUT2D eigenvalue weighted by Crippen LogP contribution is -2.06. The molecular weight excluding hydrogens is 360 g/mol. The lowest BCUT2D eigenvalue weighted by Gasteiger charge is -2.09. The highest BCUT2D eigenvalue weighted by molar-refractivity contribution is 7.71. The fourth-order valence-electron chi connectivity index (χ4n) is 2.69. The number of aromatic amines is 1. The number of H-pyrrole nitrogens is 1. The molecule has 0 radical (unpaired) electrons. The highest BCUT2D eigenvalue weighted by atomic mass is 35.5. The van der Waals surface area contributed by atoms with Crippen molar-refractivity contribution in [1.29, 1.82) is 0 Å². The number of nitrogens with one attached hydrogen (secondary N) is 1. The molecule has 1 saturated carbocycles. The number of halogens is 1. The van der Waals surface area contributed by atoms with E-state index in [9.17, 15) is 4.79 Å². The first-order valence-corrected chi connectivity index (χ1v) is 8.70. The zero-order valence-corrected chi connectivity index (χ0v) is 15.0. The number of nitrogens with zero attached hydrogens (tertiary/aromatic N) is 3. The van der Waals surface area contributed by atoms with Crippen molar-refractivity contribution in [2.24, 2.45) is 13.0 Å². The van der Waals surface area contributed by atoms with Crippen molar-refractivity contribution in [2.45, 2.75) is 19.3 Å². The van der Waals surface area contributed by atoms with Crippen molar-refractivity contribution in [1.82, 2.24) is 19.5 Å². The molecule has 25 heavy (non-hydrogen) atoms. The van der Waals surface area contributed by atoms with Crippen LogP contribution in [0, 0.1) is 10.7 Å². The van der Waals surface area contributed by atoms with E-state index in [1.807, 2.05) is 7.05 Å². The van der Waals surface area contributed by atoms with Crippen LogP contribution in [0.5, 0.6) is 11.5 Å². The number of ketones is 1. The monoisotopic (exact) mass is 374 g/mol. The molecule has 0 spiro atoms. The number of pyridine rings is 2. The van der Waals surface area contributed by atoms with Crippen LogP contribution in [0.25, 0.3) is 11.2 Å². The Kier molecular flexibility index (Phi) is 4.05. The molecular formula is C17H15ClN4O2S. The first kappa shape index (κ1) is 16.2. The topological polar surface area (TPSA) is 72.8 Å². The molecule has 1 N–H and O–H groups in total. The minimum atomic E-state index is 0.216. The van der Waals surface area contributed by atoms with Crippen molar-refractivity contribution in [3.05, 3.63) is 40.0 Å². The van der Waals surface area contributed by atoms with E-state index in [2.05, 4.69) is 15.0 Å². The summed E-state index contributed by atoms with van der Waals surface area (Å²) in [7, 11) is 1.81. The minimum absolute atomic E-state index is 0.216. The van der Waals surface area contributed by atoms with Gasteiger partial charge >= 0.3 is 0 Å². The molecule has 1 aliphatic rings. The molecule has 3 aromatic rings. The maximum atomic E-state index is 12.0. The third-order valence-electron chi connectivity index (χ3n) is 4.23. The van der Waals surface area contributed by atoms with Crippen molar-refractivity contribution >= 4 is 40.8 Å². The van der Waals surface area contributed by atoms with Gasteiger partial charge in [-0.1, -0.05) is 11.6 Å². The SMILES string of the molecule is Cn1c(=S)[nH]c2ncc(Oc3ccnc(CC(=O)C4CC4)c3)c(Cl)c21. The van der Waals surface area contributed by atoms with Crippen LogP contribution in [0.4, 0.5) is 0 Å². The summed E-state index contributed by atoms with van der Waals surface area (Å²) in [5, 5.41) is 0.423. The van der Waals surface area contributed by atoms with Gasteiger partial charge in [0.25, 0.3) is 0 Å². The molecule has 0 atom stereocenters. The van der Waals surface area contributed by atoms with E-state index >= 15 is 0 Å². The second kappa shape index (κ2) is 6.24. The summed E-state index contributed by atoms with van der Waals surface area (Å²) in [6.07, 6.45) is 5.50. The number of carbonyl (C=O) groups is 1. The lowest BCUT2D eigenvalue weighted by atomic mass is 10.1. The number of fused-ring (bicyclic) bond motifs is 1. The van der Waals surface area contributed by atoms with Gasteiger partial charge < -0.3 is 14.3 Å². The van der Waals surface area contributed by atoms with Gasteiger partial charge in [0.1, 0.15) is 22.1 Å². The van der Waals surface area contributed by atoms with E-state index in [4.69, 9.17) is 28.6 Å². The zero-order chi connectivity index (χ0) is 17.6. The van der Waals surface area contributed by atoms with Crippen molar-refractivity contribution < 1.29 is 9.53 Å². The van der Waals surface area contributed by atoms with E-state index in [1.54, 1.807) is 29.1 Å². The number of rotatable bonds is 5. The van der Waals surface area contributed by atoms with Crippen molar-refractivity contribution in [3.63, 3.8) is 0 Å². The van der Waals surface area contributed by atoms with Crippen LogP contribution in [-0.2, 0) is 18.3 Å². The molecule has 128 valence electrons. The summed E-state index contributed by atoms with van der Waals surface area (Å²) in [6, 6.07) is 3.48. The zero-order valence-electron chi connectivity index (χ0n) is 13.5. The predicted octanol–water partition coefficient (Wildman–Crippen LogP) is 3.99. The Morgan fingerprint density at radius 1 is 1.48 bits per heavy atom. The van der Waals surface area contributed by atoms with Crippen molar-refractivity contribution in [3.8, 4) is 11.5 Å². The van der Waals surface area contributed by atoms with Crippen LogP contribution in [0.3, 0.4) is 0 Å². The van der Waals surface area contributed by atoms with Gasteiger partial charge in [0, 0.05) is 31.6 Å². The molecule has 6 nitrogen and oxygen atoms in total. The summed E-state index contributed by atoms with van der Waals surface area (Å²) in [5.41, 5.74) is 1.98. The number of carbonyl (C=O) groups excluding carboxylic acids is 1. The van der Waals surface area contributed by atoms with Gasteiger partial charge in [-0.15, -0.1) is 0 Å². The van der Waals surface area contributed by atoms with Crippen molar-refractivity contribution in [2.75, 3.05) is 0 Å². The molecule has 4 rings (SSSR count). The van der Waals surface area contributed by atoms with Crippen LogP contribution >= 0.6 is 23.8 Å². The Labute approximate surface area is 153 Å². The van der Waals surface area contributed by atoms with Crippen LogP contribution < -0.4 is 4.74 Å². The molecule has 0 bridgehead atoms. The second-order valence-corrected chi connectivity index (χ2v) is 6.89. The van der Waals surface area contributed by atoms with Gasteiger partial charge in [0.15, 0.2) is 16.2 Å². The fraction of sp³-hybridized carbons (Fsp3) is 0.294. The number of hydrogen-bond donors (Lipinski definition) is 1. The summed E-state index contributed by atoms with van der Waals surface area (Å²) in [6.45, 7) is 0. The average Bonchev–Trinajstić information content (AvgIpc) is 3.38. The molecule has 0 amide bonds. The number of aryl methyl sites for hydroxylation is 1. The Morgan fingerprint density at radius 3 is 3.04 bits per heavy atom. The molecule has 0 aromatic carbocycles. The van der Waals surface area contributed by atoms with Gasteiger partial charge in [0.05, 0.1) is 11.9 Å². The molecule has 3 aromatic heterocycles. The highest BCUT2D eigenvalue weighted by Crippen LogP contribution is 2.34. The Balaban J connectivity index is 1.62. The number of imidazole rings is 1. The Bertz CT molecular complexity index is 1040. The molecule has 1 aliphatic carbocycles. The minimum Gasteiger partial charge on any atom is -0.454 e. The van der Waals surface area contributed by atoms with E-state index < -0.39 is 0 Å². The van der Waals surface area contributed by atoms with E-state index in [0.717, 1.165) is 12.8 Å².